The molecule has 0 radical (unpaired) electrons. The first kappa shape index (κ1) is 20.8. The minimum atomic E-state index is -0.781. The third-order valence-electron chi connectivity index (χ3n) is 5.66. The normalized spacial score (nSPS) is 22.7. The lowest BCUT2D eigenvalue weighted by molar-refractivity contribution is -0.140. The molecule has 0 aliphatic carbocycles. The Morgan fingerprint density at radius 3 is 2.42 bits per heavy atom. The van der Waals surface area contributed by atoms with Crippen LogP contribution in [0.15, 0.2) is 60.2 Å². The van der Waals surface area contributed by atoms with Crippen molar-refractivity contribution in [3.8, 4) is 0 Å². The summed E-state index contributed by atoms with van der Waals surface area (Å²) in [4.78, 5) is 39.2. The zero-order valence-corrected chi connectivity index (χ0v) is 17.1. The minimum absolute atomic E-state index is 0.0278. The second-order valence-electron chi connectivity index (χ2n) is 7.57. The highest BCUT2D eigenvalue weighted by molar-refractivity contribution is 6.46. The van der Waals surface area contributed by atoms with E-state index in [2.05, 4.69) is 0 Å². The highest BCUT2D eigenvalue weighted by Gasteiger charge is 2.47. The van der Waals surface area contributed by atoms with Crippen LogP contribution in [-0.2, 0) is 19.1 Å². The summed E-state index contributed by atoms with van der Waals surface area (Å²) in [5, 5.41) is 11.0. The summed E-state index contributed by atoms with van der Waals surface area (Å²) in [7, 11) is 1.30. The molecule has 0 aromatic heterocycles. The second-order valence-corrected chi connectivity index (χ2v) is 7.57. The van der Waals surface area contributed by atoms with Gasteiger partial charge in [-0.2, -0.15) is 0 Å². The first-order valence-corrected chi connectivity index (χ1v) is 10.1. The molecule has 31 heavy (non-hydrogen) atoms. The number of carbonyl (C=O) groups excluding carboxylic acids is 3. The molecule has 7 heteroatoms. The largest absolute Gasteiger partial charge is 0.507 e. The van der Waals surface area contributed by atoms with Crippen LogP contribution in [0.4, 0.5) is 0 Å². The molecular weight excluding hydrogens is 398 g/mol. The zero-order valence-electron chi connectivity index (χ0n) is 17.1. The number of benzene rings is 2. The summed E-state index contributed by atoms with van der Waals surface area (Å²) in [6.45, 7) is 0.872. The van der Waals surface area contributed by atoms with Gasteiger partial charge in [0.15, 0.2) is 0 Å². The number of likely N-dealkylation sites (tertiary alicyclic amines) is 1. The van der Waals surface area contributed by atoms with Gasteiger partial charge >= 0.3 is 5.97 Å². The van der Waals surface area contributed by atoms with Crippen molar-refractivity contribution in [2.75, 3.05) is 20.3 Å². The molecular formula is C24H23NO6. The fourth-order valence-corrected chi connectivity index (χ4v) is 4.09. The monoisotopic (exact) mass is 421 g/mol. The van der Waals surface area contributed by atoms with Crippen molar-refractivity contribution >= 4 is 23.4 Å². The van der Waals surface area contributed by atoms with E-state index < -0.39 is 23.7 Å². The Bertz CT molecular complexity index is 1020. The standard InChI is InChI=1S/C24H23NO6/c1-30-24(29)17-11-9-15(10-12-17)20-19(21(26)16-6-3-2-4-7-16)22(27)23(28)25(20)14-18-8-5-13-31-18/h2-4,6-7,9-12,18,20,26H,5,8,13-14H2,1H3. The lowest BCUT2D eigenvalue weighted by Gasteiger charge is -2.27. The number of nitrogens with zero attached hydrogens (tertiary/aromatic N) is 1. The number of carbonyl (C=O) groups is 3. The van der Waals surface area contributed by atoms with Crippen LogP contribution < -0.4 is 0 Å². The minimum Gasteiger partial charge on any atom is -0.507 e. The molecule has 0 saturated carbocycles. The van der Waals surface area contributed by atoms with Crippen LogP contribution in [0.5, 0.6) is 0 Å². The van der Waals surface area contributed by atoms with Crippen molar-refractivity contribution in [2.45, 2.75) is 25.0 Å². The predicted molar refractivity (Wildman–Crippen MR) is 112 cm³/mol. The van der Waals surface area contributed by atoms with Crippen LogP contribution >= 0.6 is 0 Å². The van der Waals surface area contributed by atoms with Crippen molar-refractivity contribution in [3.05, 3.63) is 76.9 Å². The molecule has 2 fully saturated rings. The Morgan fingerprint density at radius 1 is 1.10 bits per heavy atom. The molecule has 2 aromatic rings. The van der Waals surface area contributed by atoms with Crippen LogP contribution in [0, 0.1) is 0 Å². The number of aliphatic hydroxyl groups is 1. The number of esters is 1. The Morgan fingerprint density at radius 2 is 1.81 bits per heavy atom. The van der Waals surface area contributed by atoms with Gasteiger partial charge in [-0.05, 0) is 30.5 Å². The second kappa shape index (κ2) is 8.73. The third kappa shape index (κ3) is 3.96. The average Bonchev–Trinajstić information content (AvgIpc) is 3.41. The van der Waals surface area contributed by atoms with Crippen LogP contribution in [0.3, 0.4) is 0 Å². The van der Waals surface area contributed by atoms with Crippen LogP contribution in [-0.4, -0.2) is 54.0 Å². The number of amides is 1. The number of ether oxygens (including phenoxy) is 2. The SMILES string of the molecule is COC(=O)c1ccc(C2C(=C(O)c3ccccc3)C(=O)C(=O)N2CC2CCCO2)cc1. The highest BCUT2D eigenvalue weighted by Crippen LogP contribution is 2.40. The summed E-state index contributed by atoms with van der Waals surface area (Å²) in [6, 6.07) is 14.4. The van der Waals surface area contributed by atoms with Gasteiger partial charge in [-0.3, -0.25) is 9.59 Å². The first-order valence-electron chi connectivity index (χ1n) is 10.1. The van der Waals surface area contributed by atoms with E-state index in [1.165, 1.54) is 12.0 Å². The van der Waals surface area contributed by atoms with Crippen molar-refractivity contribution in [2.24, 2.45) is 0 Å². The highest BCUT2D eigenvalue weighted by atomic mass is 16.5. The molecule has 160 valence electrons. The van der Waals surface area contributed by atoms with Gasteiger partial charge in [0.05, 0.1) is 30.4 Å². The van der Waals surface area contributed by atoms with E-state index >= 15 is 0 Å². The molecule has 0 bridgehead atoms. The summed E-state index contributed by atoms with van der Waals surface area (Å²) in [5.41, 5.74) is 1.45. The number of ketones is 1. The van der Waals surface area contributed by atoms with Gasteiger partial charge in [-0.15, -0.1) is 0 Å². The Balaban J connectivity index is 1.79. The fourth-order valence-electron chi connectivity index (χ4n) is 4.09. The molecule has 2 aromatic carbocycles. The maximum Gasteiger partial charge on any atom is 0.337 e. The molecule has 0 spiro atoms. The lowest BCUT2D eigenvalue weighted by atomic mass is 9.94. The number of Topliss-reactive ketones (excluding diaryl/α,β-unsaturated/α-hetero) is 1. The zero-order chi connectivity index (χ0) is 22.0. The molecule has 2 aliphatic heterocycles. The Hall–Kier alpha value is -3.45. The van der Waals surface area contributed by atoms with Crippen molar-refractivity contribution < 1.29 is 29.0 Å². The molecule has 2 saturated heterocycles. The van der Waals surface area contributed by atoms with Crippen LogP contribution in [0.1, 0.15) is 40.4 Å². The summed E-state index contributed by atoms with van der Waals surface area (Å²) < 4.78 is 10.4. The van der Waals surface area contributed by atoms with Crippen LogP contribution in [0.25, 0.3) is 5.76 Å². The Kier molecular flexibility index (Phi) is 5.86. The van der Waals surface area contributed by atoms with Gasteiger partial charge < -0.3 is 19.5 Å². The van der Waals surface area contributed by atoms with E-state index in [1.807, 2.05) is 0 Å². The van der Waals surface area contributed by atoms with E-state index in [4.69, 9.17) is 9.47 Å². The topological polar surface area (TPSA) is 93.1 Å². The summed E-state index contributed by atoms with van der Waals surface area (Å²) in [6.07, 6.45) is 1.54. The smallest absolute Gasteiger partial charge is 0.337 e. The van der Waals surface area contributed by atoms with Gasteiger partial charge in [0.1, 0.15) is 5.76 Å². The van der Waals surface area contributed by atoms with E-state index in [9.17, 15) is 19.5 Å². The summed E-state index contributed by atoms with van der Waals surface area (Å²) >= 11 is 0. The van der Waals surface area contributed by atoms with E-state index in [1.54, 1.807) is 54.6 Å². The van der Waals surface area contributed by atoms with E-state index in [0.717, 1.165) is 12.8 Å². The summed E-state index contributed by atoms with van der Waals surface area (Å²) in [5.74, 6) is -2.11. The van der Waals surface area contributed by atoms with Gasteiger partial charge in [-0.1, -0.05) is 42.5 Å². The van der Waals surface area contributed by atoms with E-state index in [-0.39, 0.29) is 24.0 Å². The fraction of sp³-hybridized carbons (Fsp3) is 0.292. The first-order chi connectivity index (χ1) is 15.0. The number of hydrogen-bond acceptors (Lipinski definition) is 6. The predicted octanol–water partition coefficient (Wildman–Crippen LogP) is 3.07. The Labute approximate surface area is 179 Å². The van der Waals surface area contributed by atoms with Gasteiger partial charge in [0, 0.05) is 18.7 Å². The maximum absolute atomic E-state index is 13.0. The molecule has 2 aliphatic rings. The molecule has 1 N–H and O–H groups in total. The van der Waals surface area contributed by atoms with Crippen LogP contribution in [0.2, 0.25) is 0 Å². The lowest BCUT2D eigenvalue weighted by Crippen LogP contribution is -2.36. The van der Waals surface area contributed by atoms with Crippen molar-refractivity contribution in [1.29, 1.82) is 0 Å². The molecule has 2 atom stereocenters. The molecule has 2 unspecified atom stereocenters. The number of hydrogen-bond donors (Lipinski definition) is 1. The van der Waals surface area contributed by atoms with Gasteiger partial charge in [0.2, 0.25) is 0 Å². The molecule has 2 heterocycles. The third-order valence-corrected chi connectivity index (χ3v) is 5.66. The maximum atomic E-state index is 13.0. The quantitative estimate of drug-likeness (QED) is 0.345. The number of methoxy groups -OCH3 is 1. The molecule has 1 amide bonds. The van der Waals surface area contributed by atoms with Gasteiger partial charge in [0.25, 0.3) is 11.7 Å². The average molecular weight is 421 g/mol. The van der Waals surface area contributed by atoms with Crippen molar-refractivity contribution in [1.82, 2.24) is 4.90 Å². The van der Waals surface area contributed by atoms with E-state index in [0.29, 0.717) is 23.3 Å². The molecule has 4 rings (SSSR count). The number of rotatable bonds is 5. The number of aliphatic hydroxyl groups excluding tert-OH is 1. The van der Waals surface area contributed by atoms with Gasteiger partial charge in [-0.25, -0.2) is 4.79 Å². The molecule has 7 nitrogen and oxygen atoms in total. The van der Waals surface area contributed by atoms with Crippen molar-refractivity contribution in [3.63, 3.8) is 0 Å².